The Kier molecular flexibility index (Phi) is 8.38. The largest absolute Gasteiger partial charge is 0.351 e. The summed E-state index contributed by atoms with van der Waals surface area (Å²) in [6, 6.07) is 5.25. The van der Waals surface area contributed by atoms with Gasteiger partial charge in [-0.05, 0) is 24.6 Å². The van der Waals surface area contributed by atoms with E-state index in [4.69, 9.17) is 5.73 Å². The number of nitrogens with zero attached hydrogens (tertiary/aromatic N) is 2. The maximum atomic E-state index is 12.4. The van der Waals surface area contributed by atoms with Crippen LogP contribution in [0, 0.1) is 0 Å². The molecule has 132 valence electrons. The first-order valence-electron chi connectivity index (χ1n) is 7.69. The van der Waals surface area contributed by atoms with Gasteiger partial charge in [0.25, 0.3) is 5.56 Å². The van der Waals surface area contributed by atoms with Crippen molar-refractivity contribution < 1.29 is 4.79 Å². The molecule has 1 unspecified atom stereocenters. The minimum atomic E-state index is -0.232. The van der Waals surface area contributed by atoms with Crippen LogP contribution in [0.2, 0.25) is 0 Å². The van der Waals surface area contributed by atoms with Gasteiger partial charge in [0.2, 0.25) is 5.91 Å². The molecule has 1 heterocycles. The normalized spacial score (nSPS) is 11.8. The molecule has 1 aromatic carbocycles. The average molecular weight is 418 g/mol. The summed E-state index contributed by atoms with van der Waals surface area (Å²) in [5.74, 6) is -0.227. The van der Waals surface area contributed by atoms with Crippen LogP contribution in [0.4, 0.5) is 0 Å². The van der Waals surface area contributed by atoms with Crippen molar-refractivity contribution in [1.82, 2.24) is 14.9 Å². The number of carbonyl (C=O) groups is 1. The lowest BCUT2D eigenvalue weighted by atomic mass is 10.1. The van der Waals surface area contributed by atoms with Crippen molar-refractivity contribution in [2.45, 2.75) is 38.8 Å². The zero-order chi connectivity index (χ0) is 16.8. The van der Waals surface area contributed by atoms with Crippen LogP contribution in [0.15, 0.2) is 33.8 Å². The fourth-order valence-electron chi connectivity index (χ4n) is 2.37. The second kappa shape index (κ2) is 9.76. The van der Waals surface area contributed by atoms with E-state index in [1.165, 1.54) is 10.9 Å². The number of aromatic nitrogens is 2. The molecule has 0 aliphatic rings. The quantitative estimate of drug-likeness (QED) is 0.723. The molecule has 0 saturated heterocycles. The molecule has 24 heavy (non-hydrogen) atoms. The zero-order valence-electron chi connectivity index (χ0n) is 13.5. The highest BCUT2D eigenvalue weighted by molar-refractivity contribution is 9.10. The molecular formula is C16H22BrClN4O2. The van der Waals surface area contributed by atoms with Crippen LogP contribution in [-0.2, 0) is 11.3 Å². The Morgan fingerprint density at radius 2 is 2.21 bits per heavy atom. The molecule has 8 heteroatoms. The summed E-state index contributed by atoms with van der Waals surface area (Å²) in [5, 5.41) is 3.36. The number of nitrogens with one attached hydrogen (secondary N) is 1. The lowest BCUT2D eigenvalue weighted by Gasteiger charge is -2.16. The van der Waals surface area contributed by atoms with Crippen molar-refractivity contribution in [2.24, 2.45) is 5.73 Å². The fraction of sp³-hybridized carbons (Fsp3) is 0.438. The number of hydrogen-bond acceptors (Lipinski definition) is 4. The third-order valence-electron chi connectivity index (χ3n) is 3.66. The van der Waals surface area contributed by atoms with Gasteiger partial charge in [-0.25, -0.2) is 4.98 Å². The topological polar surface area (TPSA) is 90.0 Å². The molecule has 0 spiro atoms. The smallest absolute Gasteiger partial charge is 0.261 e. The van der Waals surface area contributed by atoms with Crippen LogP contribution in [0.3, 0.4) is 0 Å². The first-order chi connectivity index (χ1) is 11.0. The standard InChI is InChI=1S/C16H21BrN4O2.ClH/c1-2-3-4-12(8-18)20-15(22)9-21-10-19-14-6-5-11(17)7-13(14)16(21)23;/h5-7,10,12H,2-4,8-9,18H2,1H3,(H,20,22);1H. The molecule has 0 aliphatic heterocycles. The summed E-state index contributed by atoms with van der Waals surface area (Å²) in [7, 11) is 0. The zero-order valence-corrected chi connectivity index (χ0v) is 15.9. The van der Waals surface area contributed by atoms with Crippen molar-refractivity contribution in [1.29, 1.82) is 0 Å². The highest BCUT2D eigenvalue weighted by Gasteiger charge is 2.12. The molecular weight excluding hydrogens is 396 g/mol. The maximum absolute atomic E-state index is 12.4. The van der Waals surface area contributed by atoms with Crippen LogP contribution < -0.4 is 16.6 Å². The van der Waals surface area contributed by atoms with E-state index in [1.54, 1.807) is 12.1 Å². The molecule has 0 radical (unpaired) electrons. The predicted molar refractivity (Wildman–Crippen MR) is 101 cm³/mol. The predicted octanol–water partition coefficient (Wildman–Crippen LogP) is 2.21. The van der Waals surface area contributed by atoms with Gasteiger partial charge in [0.05, 0.1) is 17.2 Å². The first-order valence-corrected chi connectivity index (χ1v) is 8.48. The summed E-state index contributed by atoms with van der Waals surface area (Å²) in [6.07, 6.45) is 4.31. The van der Waals surface area contributed by atoms with Gasteiger partial charge in [-0.1, -0.05) is 35.7 Å². The molecule has 2 aromatic rings. The molecule has 0 fully saturated rings. The number of halogens is 2. The lowest BCUT2D eigenvalue weighted by molar-refractivity contribution is -0.122. The molecule has 0 aliphatic carbocycles. The Balaban J connectivity index is 0.00000288. The second-order valence-electron chi connectivity index (χ2n) is 5.48. The third-order valence-corrected chi connectivity index (χ3v) is 4.15. The average Bonchev–Trinajstić information content (AvgIpc) is 2.54. The Morgan fingerprint density at radius 3 is 2.88 bits per heavy atom. The number of unbranched alkanes of at least 4 members (excludes halogenated alkanes) is 1. The number of benzene rings is 1. The van der Waals surface area contributed by atoms with Crippen LogP contribution in [-0.4, -0.2) is 28.0 Å². The van der Waals surface area contributed by atoms with Crippen molar-refractivity contribution in [2.75, 3.05) is 6.54 Å². The molecule has 2 rings (SSSR count). The molecule has 1 aromatic heterocycles. The highest BCUT2D eigenvalue weighted by atomic mass is 79.9. The van der Waals surface area contributed by atoms with Crippen molar-refractivity contribution in [3.63, 3.8) is 0 Å². The Morgan fingerprint density at radius 1 is 1.46 bits per heavy atom. The van der Waals surface area contributed by atoms with Gasteiger partial charge in [-0.2, -0.15) is 0 Å². The number of amides is 1. The lowest BCUT2D eigenvalue weighted by Crippen LogP contribution is -2.42. The Bertz CT molecular complexity index is 750. The van der Waals surface area contributed by atoms with Gasteiger partial charge >= 0.3 is 0 Å². The third kappa shape index (κ3) is 5.29. The summed E-state index contributed by atoms with van der Waals surface area (Å²) < 4.78 is 2.12. The van der Waals surface area contributed by atoms with Crippen molar-refractivity contribution in [3.05, 3.63) is 39.4 Å². The number of carbonyl (C=O) groups excluding carboxylic acids is 1. The van der Waals surface area contributed by atoms with Gasteiger partial charge in [0.1, 0.15) is 6.54 Å². The molecule has 0 saturated carbocycles. The van der Waals surface area contributed by atoms with Crippen LogP contribution in [0.5, 0.6) is 0 Å². The monoisotopic (exact) mass is 416 g/mol. The number of rotatable bonds is 7. The van der Waals surface area contributed by atoms with Gasteiger partial charge in [-0.3, -0.25) is 14.2 Å². The van der Waals surface area contributed by atoms with Gasteiger partial charge in [0.15, 0.2) is 0 Å². The minimum Gasteiger partial charge on any atom is -0.351 e. The second-order valence-corrected chi connectivity index (χ2v) is 6.40. The Labute approximate surface area is 155 Å². The van der Waals surface area contributed by atoms with Gasteiger partial charge < -0.3 is 11.1 Å². The summed E-state index contributed by atoms with van der Waals surface area (Å²) in [6.45, 7) is 2.42. The summed E-state index contributed by atoms with van der Waals surface area (Å²) >= 11 is 3.34. The van der Waals surface area contributed by atoms with Gasteiger partial charge in [-0.15, -0.1) is 12.4 Å². The summed E-state index contributed by atoms with van der Waals surface area (Å²) in [5.41, 5.74) is 6.05. The Hall–Kier alpha value is -1.44. The molecule has 0 bridgehead atoms. The molecule has 3 N–H and O–H groups in total. The van der Waals surface area contributed by atoms with Crippen molar-refractivity contribution in [3.8, 4) is 0 Å². The van der Waals surface area contributed by atoms with E-state index in [1.807, 2.05) is 6.07 Å². The van der Waals surface area contributed by atoms with E-state index in [2.05, 4.69) is 33.2 Å². The fourth-order valence-corrected chi connectivity index (χ4v) is 2.73. The highest BCUT2D eigenvalue weighted by Crippen LogP contribution is 2.14. The van der Waals surface area contributed by atoms with E-state index in [-0.39, 0.29) is 36.5 Å². The minimum absolute atomic E-state index is 0. The summed E-state index contributed by atoms with van der Waals surface area (Å²) in [4.78, 5) is 28.8. The van der Waals surface area contributed by atoms with E-state index < -0.39 is 0 Å². The van der Waals surface area contributed by atoms with Crippen LogP contribution >= 0.6 is 28.3 Å². The van der Waals surface area contributed by atoms with Gasteiger partial charge in [0, 0.05) is 17.1 Å². The van der Waals surface area contributed by atoms with E-state index in [9.17, 15) is 9.59 Å². The van der Waals surface area contributed by atoms with Crippen molar-refractivity contribution >= 4 is 45.1 Å². The maximum Gasteiger partial charge on any atom is 0.261 e. The number of fused-ring (bicyclic) bond motifs is 1. The van der Waals surface area contributed by atoms with E-state index in [0.717, 1.165) is 23.7 Å². The first kappa shape index (κ1) is 20.6. The van der Waals surface area contributed by atoms with E-state index in [0.29, 0.717) is 17.4 Å². The molecule has 6 nitrogen and oxygen atoms in total. The molecule has 1 atom stereocenters. The molecule has 1 amide bonds. The van der Waals surface area contributed by atoms with Crippen LogP contribution in [0.25, 0.3) is 10.9 Å². The number of nitrogens with two attached hydrogens (primary N) is 1. The number of hydrogen-bond donors (Lipinski definition) is 2. The SMILES string of the molecule is CCCCC(CN)NC(=O)Cn1cnc2ccc(Br)cc2c1=O.Cl. The van der Waals surface area contributed by atoms with Crippen LogP contribution in [0.1, 0.15) is 26.2 Å². The van der Waals surface area contributed by atoms with E-state index >= 15 is 0 Å².